The number of aliphatic hydroxyl groups is 1. The number of rotatable bonds is 7. The van der Waals surface area contributed by atoms with Crippen LogP contribution in [0.25, 0.3) is 0 Å². The number of nitrogens with one attached hydrogen (secondary N) is 1. The van der Waals surface area contributed by atoms with Crippen LogP contribution in [0.3, 0.4) is 0 Å². The average molecular weight is 302 g/mol. The van der Waals surface area contributed by atoms with E-state index in [0.29, 0.717) is 36.0 Å². The van der Waals surface area contributed by atoms with Crippen molar-refractivity contribution in [1.29, 1.82) is 0 Å². The van der Waals surface area contributed by atoms with Gasteiger partial charge in [-0.3, -0.25) is 9.48 Å². The normalized spacial score (nSPS) is 12.8. The second-order valence-electron chi connectivity index (χ2n) is 5.45. The second-order valence-corrected chi connectivity index (χ2v) is 5.83. The van der Waals surface area contributed by atoms with Gasteiger partial charge in [-0.05, 0) is 26.2 Å². The van der Waals surface area contributed by atoms with Gasteiger partial charge in [0.05, 0.1) is 23.9 Å². The van der Waals surface area contributed by atoms with Gasteiger partial charge in [0, 0.05) is 18.1 Å². The highest BCUT2D eigenvalue weighted by atomic mass is 35.5. The summed E-state index contributed by atoms with van der Waals surface area (Å²) in [5.41, 5.74) is 2.06. The first-order chi connectivity index (χ1) is 9.36. The molecule has 2 N–H and O–H groups in total. The van der Waals surface area contributed by atoms with Crippen molar-refractivity contribution < 1.29 is 9.90 Å². The van der Waals surface area contributed by atoms with Crippen molar-refractivity contribution in [3.05, 3.63) is 17.0 Å². The Labute approximate surface area is 125 Å². The van der Waals surface area contributed by atoms with Crippen molar-refractivity contribution >= 4 is 17.5 Å². The number of alkyl halides is 1. The molecule has 0 aliphatic rings. The SMILES string of the molecule is Cc1nn(CCCl)c(C)c1C(=O)NCC(O)CC(C)C. The monoisotopic (exact) mass is 301 g/mol. The van der Waals surface area contributed by atoms with Crippen LogP contribution in [0.5, 0.6) is 0 Å². The zero-order valence-electron chi connectivity index (χ0n) is 12.6. The summed E-state index contributed by atoms with van der Waals surface area (Å²) in [5.74, 6) is 0.663. The maximum atomic E-state index is 12.2. The van der Waals surface area contributed by atoms with E-state index in [1.54, 1.807) is 11.6 Å². The number of aromatic nitrogens is 2. The number of carbonyl (C=O) groups excluding carboxylic acids is 1. The number of amides is 1. The van der Waals surface area contributed by atoms with Crippen LogP contribution in [0.15, 0.2) is 0 Å². The lowest BCUT2D eigenvalue weighted by Gasteiger charge is -2.14. The van der Waals surface area contributed by atoms with Crippen LogP contribution in [-0.4, -0.2) is 39.3 Å². The third kappa shape index (κ3) is 4.49. The molecule has 1 unspecified atom stereocenters. The first-order valence-electron chi connectivity index (χ1n) is 6.93. The highest BCUT2D eigenvalue weighted by Crippen LogP contribution is 2.13. The maximum absolute atomic E-state index is 12.2. The second kappa shape index (κ2) is 7.64. The van der Waals surface area contributed by atoms with E-state index in [2.05, 4.69) is 10.4 Å². The first-order valence-corrected chi connectivity index (χ1v) is 7.46. The van der Waals surface area contributed by atoms with E-state index in [9.17, 15) is 9.90 Å². The number of halogens is 1. The minimum Gasteiger partial charge on any atom is -0.391 e. The van der Waals surface area contributed by atoms with Crippen LogP contribution >= 0.6 is 11.6 Å². The Kier molecular flexibility index (Phi) is 6.49. The van der Waals surface area contributed by atoms with Crippen LogP contribution in [0, 0.1) is 19.8 Å². The molecule has 1 heterocycles. The van der Waals surface area contributed by atoms with Gasteiger partial charge >= 0.3 is 0 Å². The molecule has 0 saturated heterocycles. The van der Waals surface area contributed by atoms with Gasteiger partial charge in [-0.25, -0.2) is 0 Å². The Morgan fingerprint density at radius 1 is 1.45 bits per heavy atom. The highest BCUT2D eigenvalue weighted by Gasteiger charge is 2.19. The van der Waals surface area contributed by atoms with E-state index in [0.717, 1.165) is 5.69 Å². The molecule has 0 aliphatic carbocycles. The van der Waals surface area contributed by atoms with E-state index in [4.69, 9.17) is 11.6 Å². The van der Waals surface area contributed by atoms with Gasteiger partial charge in [0.25, 0.3) is 5.91 Å². The fourth-order valence-corrected chi connectivity index (χ4v) is 2.41. The summed E-state index contributed by atoms with van der Waals surface area (Å²) in [7, 11) is 0. The molecule has 114 valence electrons. The lowest BCUT2D eigenvalue weighted by Crippen LogP contribution is -2.33. The first kappa shape index (κ1) is 17.0. The van der Waals surface area contributed by atoms with Crippen molar-refractivity contribution in [2.75, 3.05) is 12.4 Å². The molecule has 20 heavy (non-hydrogen) atoms. The van der Waals surface area contributed by atoms with Crippen LogP contribution in [0.2, 0.25) is 0 Å². The van der Waals surface area contributed by atoms with E-state index >= 15 is 0 Å². The highest BCUT2D eigenvalue weighted by molar-refractivity contribution is 6.17. The van der Waals surface area contributed by atoms with Crippen molar-refractivity contribution in [2.24, 2.45) is 5.92 Å². The molecule has 6 heteroatoms. The van der Waals surface area contributed by atoms with Crippen molar-refractivity contribution in [3.8, 4) is 0 Å². The third-order valence-electron chi connectivity index (χ3n) is 3.15. The quantitative estimate of drug-likeness (QED) is 0.756. The Morgan fingerprint density at radius 3 is 2.65 bits per heavy atom. The number of aryl methyl sites for hydroxylation is 2. The van der Waals surface area contributed by atoms with Crippen molar-refractivity contribution in [3.63, 3.8) is 0 Å². The molecule has 1 aromatic rings. The molecule has 0 fully saturated rings. The van der Waals surface area contributed by atoms with Gasteiger partial charge in [0.1, 0.15) is 0 Å². The summed E-state index contributed by atoms with van der Waals surface area (Å²) in [6.45, 7) is 8.57. The lowest BCUT2D eigenvalue weighted by atomic mass is 10.1. The Morgan fingerprint density at radius 2 is 2.10 bits per heavy atom. The van der Waals surface area contributed by atoms with Crippen LogP contribution in [-0.2, 0) is 6.54 Å². The van der Waals surface area contributed by atoms with E-state index < -0.39 is 6.10 Å². The molecule has 1 aromatic heterocycles. The van der Waals surface area contributed by atoms with Crippen molar-refractivity contribution in [2.45, 2.75) is 46.8 Å². The number of hydrogen-bond acceptors (Lipinski definition) is 3. The van der Waals surface area contributed by atoms with Crippen LogP contribution < -0.4 is 5.32 Å². The zero-order valence-corrected chi connectivity index (χ0v) is 13.4. The van der Waals surface area contributed by atoms with Crippen LogP contribution in [0.4, 0.5) is 0 Å². The van der Waals surface area contributed by atoms with E-state index in [1.807, 2.05) is 20.8 Å². The number of hydrogen-bond donors (Lipinski definition) is 2. The third-order valence-corrected chi connectivity index (χ3v) is 3.32. The Hall–Kier alpha value is -1.07. The molecule has 0 aromatic carbocycles. The molecule has 0 aliphatic heterocycles. The van der Waals surface area contributed by atoms with Crippen LogP contribution in [0.1, 0.15) is 42.0 Å². The van der Waals surface area contributed by atoms with E-state index in [-0.39, 0.29) is 12.5 Å². The number of nitrogens with zero attached hydrogens (tertiary/aromatic N) is 2. The minimum atomic E-state index is -0.516. The standard InChI is InChI=1S/C14H24ClN3O2/c1-9(2)7-12(19)8-16-14(20)13-10(3)17-18(6-5-15)11(13)4/h9,12,19H,5-8H2,1-4H3,(H,16,20). The summed E-state index contributed by atoms with van der Waals surface area (Å²) in [6, 6.07) is 0. The van der Waals surface area contributed by atoms with Gasteiger partial charge in [-0.2, -0.15) is 5.10 Å². The molecule has 1 rings (SSSR count). The van der Waals surface area contributed by atoms with Gasteiger partial charge in [0.15, 0.2) is 0 Å². The van der Waals surface area contributed by atoms with E-state index in [1.165, 1.54) is 0 Å². The molecule has 5 nitrogen and oxygen atoms in total. The summed E-state index contributed by atoms with van der Waals surface area (Å²) in [5, 5.41) is 16.9. The van der Waals surface area contributed by atoms with Gasteiger partial charge in [-0.15, -0.1) is 11.6 Å². The Balaban J connectivity index is 2.68. The molecule has 1 atom stereocenters. The molecule has 0 saturated carbocycles. The van der Waals surface area contributed by atoms with Crippen molar-refractivity contribution in [1.82, 2.24) is 15.1 Å². The number of carbonyl (C=O) groups is 1. The topological polar surface area (TPSA) is 67.2 Å². The number of aliphatic hydroxyl groups excluding tert-OH is 1. The largest absolute Gasteiger partial charge is 0.391 e. The summed E-state index contributed by atoms with van der Waals surface area (Å²) in [6.07, 6.45) is 0.154. The maximum Gasteiger partial charge on any atom is 0.255 e. The predicted molar refractivity (Wildman–Crippen MR) is 80.2 cm³/mol. The molecule has 0 bridgehead atoms. The Bertz CT molecular complexity index is 458. The molecule has 0 radical (unpaired) electrons. The zero-order chi connectivity index (χ0) is 15.3. The summed E-state index contributed by atoms with van der Waals surface area (Å²) in [4.78, 5) is 12.2. The summed E-state index contributed by atoms with van der Waals surface area (Å²) >= 11 is 5.71. The summed E-state index contributed by atoms with van der Waals surface area (Å²) < 4.78 is 1.74. The fourth-order valence-electron chi connectivity index (χ4n) is 2.25. The smallest absolute Gasteiger partial charge is 0.255 e. The molecular weight excluding hydrogens is 278 g/mol. The molecule has 1 amide bonds. The lowest BCUT2D eigenvalue weighted by molar-refractivity contribution is 0.0899. The van der Waals surface area contributed by atoms with Gasteiger partial charge in [0.2, 0.25) is 0 Å². The molecule has 0 spiro atoms. The minimum absolute atomic E-state index is 0.191. The fraction of sp³-hybridized carbons (Fsp3) is 0.714. The predicted octanol–water partition coefficient (Wildman–Crippen LogP) is 1.88. The van der Waals surface area contributed by atoms with Gasteiger partial charge in [-0.1, -0.05) is 13.8 Å². The average Bonchev–Trinajstić information content (AvgIpc) is 2.61. The molecular formula is C14H24ClN3O2. The van der Waals surface area contributed by atoms with Gasteiger partial charge < -0.3 is 10.4 Å².